The van der Waals surface area contributed by atoms with Gasteiger partial charge in [0.05, 0.1) is 38.5 Å². The first-order valence-corrected chi connectivity index (χ1v) is 9.80. The zero-order valence-electron chi connectivity index (χ0n) is 16.2. The first-order chi connectivity index (χ1) is 14.2. The van der Waals surface area contributed by atoms with Crippen molar-refractivity contribution in [2.45, 2.75) is 0 Å². The summed E-state index contributed by atoms with van der Waals surface area (Å²) >= 11 is 0. The normalized spacial score (nSPS) is 17.2. The maximum Gasteiger partial charge on any atom is 0.229 e. The SMILES string of the molecule is O=C(CNc1cc(N2CCOCC2)nc(N2CCOCC2)n1)c1ccccc1O. The van der Waals surface area contributed by atoms with Gasteiger partial charge in [0.1, 0.15) is 17.4 Å². The van der Waals surface area contributed by atoms with Gasteiger partial charge in [-0.3, -0.25) is 4.79 Å². The molecule has 0 unspecified atom stereocenters. The minimum atomic E-state index is -0.206. The van der Waals surface area contributed by atoms with Crippen LogP contribution in [-0.4, -0.2) is 80.0 Å². The van der Waals surface area contributed by atoms with E-state index in [9.17, 15) is 9.90 Å². The largest absolute Gasteiger partial charge is 0.507 e. The summed E-state index contributed by atoms with van der Waals surface area (Å²) in [4.78, 5) is 26.1. The Labute approximate surface area is 169 Å². The number of rotatable bonds is 6. The first-order valence-electron chi connectivity index (χ1n) is 9.80. The van der Waals surface area contributed by atoms with E-state index < -0.39 is 0 Å². The quantitative estimate of drug-likeness (QED) is 0.693. The summed E-state index contributed by atoms with van der Waals surface area (Å²) in [6.45, 7) is 5.59. The fourth-order valence-corrected chi connectivity index (χ4v) is 3.35. The number of carbonyl (C=O) groups excluding carboxylic acids is 1. The van der Waals surface area contributed by atoms with Crippen molar-refractivity contribution < 1.29 is 19.4 Å². The fourth-order valence-electron chi connectivity index (χ4n) is 3.35. The molecule has 2 saturated heterocycles. The molecule has 9 heteroatoms. The van der Waals surface area contributed by atoms with Gasteiger partial charge in [0.25, 0.3) is 0 Å². The van der Waals surface area contributed by atoms with E-state index in [1.165, 1.54) is 6.07 Å². The molecule has 9 nitrogen and oxygen atoms in total. The molecule has 0 amide bonds. The number of phenolic OH excluding ortho intramolecular Hbond substituents is 1. The van der Waals surface area contributed by atoms with Gasteiger partial charge >= 0.3 is 0 Å². The summed E-state index contributed by atoms with van der Waals surface area (Å²) in [5.41, 5.74) is 0.288. The number of nitrogens with one attached hydrogen (secondary N) is 1. The van der Waals surface area contributed by atoms with E-state index in [4.69, 9.17) is 14.5 Å². The predicted molar refractivity (Wildman–Crippen MR) is 109 cm³/mol. The van der Waals surface area contributed by atoms with Gasteiger partial charge in [-0.2, -0.15) is 9.97 Å². The van der Waals surface area contributed by atoms with E-state index >= 15 is 0 Å². The highest BCUT2D eigenvalue weighted by atomic mass is 16.5. The van der Waals surface area contributed by atoms with E-state index in [1.54, 1.807) is 18.2 Å². The minimum absolute atomic E-state index is 0.0231. The Hall–Kier alpha value is -2.91. The van der Waals surface area contributed by atoms with E-state index in [0.717, 1.165) is 32.0 Å². The van der Waals surface area contributed by atoms with Crippen LogP contribution in [-0.2, 0) is 9.47 Å². The summed E-state index contributed by atoms with van der Waals surface area (Å²) < 4.78 is 10.9. The number of Topliss-reactive ketones (excluding diaryl/α,β-unsaturated/α-hetero) is 1. The summed E-state index contributed by atoms with van der Waals surface area (Å²) in [5.74, 6) is 1.77. The third-order valence-electron chi connectivity index (χ3n) is 4.96. The number of aromatic hydroxyl groups is 1. The maximum atomic E-state index is 12.5. The van der Waals surface area contributed by atoms with E-state index in [2.05, 4.69) is 20.1 Å². The van der Waals surface area contributed by atoms with Crippen LogP contribution in [0.3, 0.4) is 0 Å². The van der Waals surface area contributed by atoms with Crippen molar-refractivity contribution in [3.63, 3.8) is 0 Å². The Morgan fingerprint density at radius 3 is 2.34 bits per heavy atom. The Morgan fingerprint density at radius 1 is 1.00 bits per heavy atom. The number of carbonyl (C=O) groups is 1. The molecule has 0 spiro atoms. The highest BCUT2D eigenvalue weighted by molar-refractivity contribution is 6.01. The number of aromatic nitrogens is 2. The summed E-state index contributed by atoms with van der Waals surface area (Å²) in [7, 11) is 0. The zero-order chi connectivity index (χ0) is 20.1. The average molecular weight is 399 g/mol. The Balaban J connectivity index is 1.54. The number of nitrogens with zero attached hydrogens (tertiary/aromatic N) is 4. The third-order valence-corrected chi connectivity index (χ3v) is 4.96. The molecule has 2 aliphatic rings. The van der Waals surface area contributed by atoms with E-state index in [-0.39, 0.29) is 23.6 Å². The minimum Gasteiger partial charge on any atom is -0.507 e. The Kier molecular flexibility index (Phi) is 6.06. The van der Waals surface area contributed by atoms with Crippen LogP contribution in [0.25, 0.3) is 0 Å². The molecule has 0 bridgehead atoms. The van der Waals surface area contributed by atoms with Crippen LogP contribution in [0.1, 0.15) is 10.4 Å². The zero-order valence-corrected chi connectivity index (χ0v) is 16.2. The molecule has 0 saturated carbocycles. The standard InChI is InChI=1S/C20H25N5O4/c26-16-4-2-1-3-15(16)17(27)14-21-18-13-19(24-5-9-28-10-6-24)23-20(22-18)25-7-11-29-12-8-25/h1-4,13,26H,5-12,14H2,(H,21,22,23). The molecule has 29 heavy (non-hydrogen) atoms. The molecule has 1 aromatic heterocycles. The van der Waals surface area contributed by atoms with Crippen molar-refractivity contribution >= 4 is 23.4 Å². The molecule has 2 N–H and O–H groups in total. The smallest absolute Gasteiger partial charge is 0.229 e. The molecule has 2 aliphatic heterocycles. The lowest BCUT2D eigenvalue weighted by Crippen LogP contribution is -2.39. The summed E-state index contributed by atoms with van der Waals surface area (Å²) in [6.07, 6.45) is 0. The topological polar surface area (TPSA) is 100 Å². The highest BCUT2D eigenvalue weighted by Gasteiger charge is 2.20. The molecule has 0 atom stereocenters. The lowest BCUT2D eigenvalue weighted by molar-refractivity contribution is 0.100. The lowest BCUT2D eigenvalue weighted by atomic mass is 10.1. The molecule has 154 valence electrons. The van der Waals surface area contributed by atoms with Gasteiger partial charge < -0.3 is 29.7 Å². The fraction of sp³-hybridized carbons (Fsp3) is 0.450. The summed E-state index contributed by atoms with van der Waals surface area (Å²) in [6, 6.07) is 8.38. The second-order valence-corrected chi connectivity index (χ2v) is 6.90. The molecule has 2 fully saturated rings. The van der Waals surface area contributed by atoms with Gasteiger partial charge in [-0.25, -0.2) is 0 Å². The second-order valence-electron chi connectivity index (χ2n) is 6.90. The number of para-hydroxylation sites is 1. The molecular formula is C20H25N5O4. The van der Waals surface area contributed by atoms with E-state index in [1.807, 2.05) is 6.07 Å². The van der Waals surface area contributed by atoms with Gasteiger partial charge in [-0.05, 0) is 12.1 Å². The van der Waals surface area contributed by atoms with Gasteiger partial charge in [0, 0.05) is 32.2 Å². The van der Waals surface area contributed by atoms with Crippen LogP contribution in [0.15, 0.2) is 30.3 Å². The van der Waals surface area contributed by atoms with Crippen molar-refractivity contribution in [1.29, 1.82) is 0 Å². The molecule has 2 aromatic rings. The number of hydrogen-bond donors (Lipinski definition) is 2. The number of ketones is 1. The van der Waals surface area contributed by atoms with Gasteiger partial charge in [-0.15, -0.1) is 0 Å². The van der Waals surface area contributed by atoms with Crippen LogP contribution in [0.4, 0.5) is 17.6 Å². The van der Waals surface area contributed by atoms with Crippen molar-refractivity contribution in [3.8, 4) is 5.75 Å². The third kappa shape index (κ3) is 4.75. The monoisotopic (exact) mass is 399 g/mol. The van der Waals surface area contributed by atoms with Crippen LogP contribution in [0.2, 0.25) is 0 Å². The molecule has 3 heterocycles. The lowest BCUT2D eigenvalue weighted by Gasteiger charge is -2.31. The number of benzene rings is 1. The molecular weight excluding hydrogens is 374 g/mol. The number of anilines is 3. The molecule has 0 aliphatic carbocycles. The van der Waals surface area contributed by atoms with E-state index in [0.29, 0.717) is 38.2 Å². The first kappa shape index (κ1) is 19.4. The highest BCUT2D eigenvalue weighted by Crippen LogP contribution is 2.23. The van der Waals surface area contributed by atoms with Gasteiger partial charge in [0.15, 0.2) is 5.78 Å². The maximum absolute atomic E-state index is 12.5. The van der Waals surface area contributed by atoms with Crippen LogP contribution in [0, 0.1) is 0 Å². The number of morpholine rings is 2. The molecule has 4 rings (SSSR count). The molecule has 1 aromatic carbocycles. The average Bonchev–Trinajstić information content (AvgIpc) is 2.79. The van der Waals surface area contributed by atoms with Crippen LogP contribution >= 0.6 is 0 Å². The van der Waals surface area contributed by atoms with Crippen molar-refractivity contribution in [2.24, 2.45) is 0 Å². The number of ether oxygens (including phenoxy) is 2. The Morgan fingerprint density at radius 2 is 1.66 bits per heavy atom. The van der Waals surface area contributed by atoms with Gasteiger partial charge in [-0.1, -0.05) is 12.1 Å². The van der Waals surface area contributed by atoms with Crippen LogP contribution in [0.5, 0.6) is 5.75 Å². The van der Waals surface area contributed by atoms with Crippen LogP contribution < -0.4 is 15.1 Å². The summed E-state index contributed by atoms with van der Waals surface area (Å²) in [5, 5.41) is 13.0. The predicted octanol–water partition coefficient (Wildman–Crippen LogP) is 1.15. The molecule has 0 radical (unpaired) electrons. The number of phenols is 1. The number of hydrogen-bond acceptors (Lipinski definition) is 9. The van der Waals surface area contributed by atoms with Gasteiger partial charge in [0.2, 0.25) is 5.95 Å². The Bertz CT molecular complexity index is 814. The van der Waals surface area contributed by atoms with Crippen molar-refractivity contribution in [3.05, 3.63) is 35.9 Å². The van der Waals surface area contributed by atoms with Crippen molar-refractivity contribution in [1.82, 2.24) is 9.97 Å². The second kappa shape index (κ2) is 9.06. The van der Waals surface area contributed by atoms with Crippen molar-refractivity contribution in [2.75, 3.05) is 74.3 Å².